The second-order valence-electron chi connectivity index (χ2n) is 6.25. The van der Waals surface area contributed by atoms with Crippen molar-refractivity contribution >= 4 is 11.8 Å². The molecule has 24 heavy (non-hydrogen) atoms. The maximum atomic E-state index is 2.50. The van der Waals surface area contributed by atoms with Gasteiger partial charge in [0.05, 0.1) is 0 Å². The van der Waals surface area contributed by atoms with Crippen LogP contribution in [0.15, 0.2) is 84.9 Å². The molecule has 0 fully saturated rings. The maximum Gasteiger partial charge on any atom is 0.0448 e. The van der Waals surface area contributed by atoms with Crippen molar-refractivity contribution in [3.05, 3.63) is 107 Å². The monoisotopic (exact) mass is 311 g/mol. The molecule has 1 heteroatoms. The summed E-state index contributed by atoms with van der Waals surface area (Å²) >= 11 is 0. The number of rotatable bonds is 3. The molecule has 0 aromatic heterocycles. The number of fused-ring (bicyclic) bond motifs is 1. The zero-order valence-electron chi connectivity index (χ0n) is 13.7. The molecule has 0 spiro atoms. The van der Waals surface area contributed by atoms with Crippen LogP contribution in [0.1, 0.15) is 22.3 Å². The van der Waals surface area contributed by atoms with Crippen molar-refractivity contribution < 1.29 is 0 Å². The number of hydrogen-bond donors (Lipinski definition) is 0. The molecule has 0 saturated heterocycles. The number of hydrogen-bond acceptors (Lipinski definition) is 1. The Labute approximate surface area is 143 Å². The van der Waals surface area contributed by atoms with E-state index in [4.69, 9.17) is 0 Å². The molecule has 0 unspecified atom stereocenters. The van der Waals surface area contributed by atoms with Crippen molar-refractivity contribution in [2.45, 2.75) is 13.0 Å². The summed E-state index contributed by atoms with van der Waals surface area (Å²) in [4.78, 5) is 2.50. The lowest BCUT2D eigenvalue weighted by Crippen LogP contribution is -2.29. The molecule has 0 atom stereocenters. The van der Waals surface area contributed by atoms with Gasteiger partial charge >= 0.3 is 0 Å². The normalized spacial score (nSPS) is 14.3. The Morgan fingerprint density at radius 1 is 0.708 bits per heavy atom. The Bertz CT molecular complexity index is 834. The topological polar surface area (TPSA) is 3.24 Å². The van der Waals surface area contributed by atoms with Gasteiger partial charge in [-0.15, -0.1) is 0 Å². The minimum absolute atomic E-state index is 0.976. The third-order valence-corrected chi connectivity index (χ3v) is 4.64. The van der Waals surface area contributed by atoms with Gasteiger partial charge in [-0.1, -0.05) is 84.9 Å². The third-order valence-electron chi connectivity index (χ3n) is 4.64. The Morgan fingerprint density at radius 3 is 2.08 bits per heavy atom. The fourth-order valence-corrected chi connectivity index (χ4v) is 3.37. The zero-order valence-corrected chi connectivity index (χ0v) is 13.7. The first kappa shape index (κ1) is 14.8. The Morgan fingerprint density at radius 2 is 1.33 bits per heavy atom. The van der Waals surface area contributed by atoms with Gasteiger partial charge in [-0.2, -0.15) is 0 Å². The molecule has 4 rings (SSSR count). The van der Waals surface area contributed by atoms with Crippen molar-refractivity contribution in [1.29, 1.82) is 0 Å². The van der Waals surface area contributed by atoms with Crippen LogP contribution in [0.3, 0.4) is 0 Å². The van der Waals surface area contributed by atoms with E-state index in [2.05, 4.69) is 95.9 Å². The highest BCUT2D eigenvalue weighted by atomic mass is 15.1. The van der Waals surface area contributed by atoms with Crippen LogP contribution < -0.4 is 0 Å². The molecule has 118 valence electrons. The summed E-state index contributed by atoms with van der Waals surface area (Å²) in [5.41, 5.74) is 6.76. The predicted molar refractivity (Wildman–Crippen MR) is 101 cm³/mol. The molecular formula is C23H21N. The SMILES string of the molecule is C(=C(c1ccccc1)N1CCc2ccccc2C1)c1ccccc1. The van der Waals surface area contributed by atoms with Crippen molar-refractivity contribution in [2.24, 2.45) is 0 Å². The Kier molecular flexibility index (Phi) is 4.16. The fraction of sp³-hybridized carbons (Fsp3) is 0.130. The number of benzene rings is 3. The first-order chi connectivity index (χ1) is 11.9. The lowest BCUT2D eigenvalue weighted by Gasteiger charge is -2.33. The summed E-state index contributed by atoms with van der Waals surface area (Å²) in [6.45, 7) is 2.04. The maximum absolute atomic E-state index is 2.50. The molecule has 0 saturated carbocycles. The van der Waals surface area contributed by atoms with E-state index >= 15 is 0 Å². The average Bonchev–Trinajstić information content (AvgIpc) is 2.67. The van der Waals surface area contributed by atoms with Crippen LogP contribution in [-0.2, 0) is 13.0 Å². The van der Waals surface area contributed by atoms with Gasteiger partial charge in [0.1, 0.15) is 0 Å². The largest absolute Gasteiger partial charge is 0.366 e. The third kappa shape index (κ3) is 3.11. The van der Waals surface area contributed by atoms with Crippen LogP contribution in [0.4, 0.5) is 0 Å². The van der Waals surface area contributed by atoms with Gasteiger partial charge in [0.15, 0.2) is 0 Å². The van der Waals surface area contributed by atoms with Gasteiger partial charge in [0.2, 0.25) is 0 Å². The Balaban J connectivity index is 1.73. The fourth-order valence-electron chi connectivity index (χ4n) is 3.37. The molecule has 0 N–H and O–H groups in total. The second kappa shape index (κ2) is 6.76. The molecule has 3 aromatic carbocycles. The predicted octanol–water partition coefficient (Wildman–Crippen LogP) is 5.24. The van der Waals surface area contributed by atoms with Gasteiger partial charge < -0.3 is 4.90 Å². The van der Waals surface area contributed by atoms with Crippen LogP contribution in [0, 0.1) is 0 Å². The van der Waals surface area contributed by atoms with E-state index in [1.165, 1.54) is 28.0 Å². The summed E-state index contributed by atoms with van der Waals surface area (Å²) in [6, 6.07) is 30.1. The van der Waals surface area contributed by atoms with E-state index in [0.29, 0.717) is 0 Å². The van der Waals surface area contributed by atoms with E-state index in [0.717, 1.165) is 19.5 Å². The minimum atomic E-state index is 0.976. The van der Waals surface area contributed by atoms with E-state index in [1.807, 2.05) is 0 Å². The number of nitrogens with zero attached hydrogens (tertiary/aromatic N) is 1. The smallest absolute Gasteiger partial charge is 0.0448 e. The zero-order chi connectivity index (χ0) is 16.2. The van der Waals surface area contributed by atoms with E-state index in [1.54, 1.807) is 0 Å². The molecule has 0 bridgehead atoms. The summed E-state index contributed by atoms with van der Waals surface area (Å²) in [6.07, 6.45) is 3.42. The molecule has 1 aliphatic heterocycles. The van der Waals surface area contributed by atoms with Gasteiger partial charge in [-0.25, -0.2) is 0 Å². The second-order valence-corrected chi connectivity index (χ2v) is 6.25. The van der Waals surface area contributed by atoms with Crippen LogP contribution >= 0.6 is 0 Å². The molecular weight excluding hydrogens is 290 g/mol. The summed E-state index contributed by atoms with van der Waals surface area (Å²) < 4.78 is 0. The molecule has 0 amide bonds. The highest BCUT2D eigenvalue weighted by Crippen LogP contribution is 2.28. The highest BCUT2D eigenvalue weighted by Gasteiger charge is 2.18. The van der Waals surface area contributed by atoms with Crippen molar-refractivity contribution in [2.75, 3.05) is 6.54 Å². The average molecular weight is 311 g/mol. The molecule has 3 aromatic rings. The molecule has 0 aliphatic carbocycles. The summed E-state index contributed by atoms with van der Waals surface area (Å²) in [7, 11) is 0. The molecule has 1 aliphatic rings. The summed E-state index contributed by atoms with van der Waals surface area (Å²) in [5, 5.41) is 0. The van der Waals surface area contributed by atoms with Crippen molar-refractivity contribution in [1.82, 2.24) is 4.90 Å². The van der Waals surface area contributed by atoms with Crippen LogP contribution in [-0.4, -0.2) is 11.4 Å². The first-order valence-electron chi connectivity index (χ1n) is 8.54. The lowest BCUT2D eigenvalue weighted by molar-refractivity contribution is 0.374. The standard InChI is InChI=1S/C23H21N/c1-3-9-19(10-4-1)17-23(21-12-5-2-6-13-21)24-16-15-20-11-7-8-14-22(20)18-24/h1-14,17H,15-16,18H2. The van der Waals surface area contributed by atoms with E-state index in [-0.39, 0.29) is 0 Å². The van der Waals surface area contributed by atoms with Crippen LogP contribution in [0.25, 0.3) is 11.8 Å². The van der Waals surface area contributed by atoms with Gasteiger partial charge in [0.25, 0.3) is 0 Å². The lowest BCUT2D eigenvalue weighted by atomic mass is 9.97. The van der Waals surface area contributed by atoms with Crippen molar-refractivity contribution in [3.63, 3.8) is 0 Å². The summed E-state index contributed by atoms with van der Waals surface area (Å²) in [5.74, 6) is 0. The van der Waals surface area contributed by atoms with E-state index in [9.17, 15) is 0 Å². The van der Waals surface area contributed by atoms with E-state index < -0.39 is 0 Å². The molecule has 0 radical (unpaired) electrons. The van der Waals surface area contributed by atoms with Crippen LogP contribution in [0.2, 0.25) is 0 Å². The molecule has 1 nitrogen and oxygen atoms in total. The van der Waals surface area contributed by atoms with Crippen LogP contribution in [0.5, 0.6) is 0 Å². The first-order valence-corrected chi connectivity index (χ1v) is 8.54. The molecule has 1 heterocycles. The van der Waals surface area contributed by atoms with Gasteiger partial charge in [-0.05, 0) is 34.8 Å². The van der Waals surface area contributed by atoms with Crippen molar-refractivity contribution in [3.8, 4) is 0 Å². The quantitative estimate of drug-likeness (QED) is 0.598. The minimum Gasteiger partial charge on any atom is -0.366 e. The van der Waals surface area contributed by atoms with Gasteiger partial charge in [-0.3, -0.25) is 0 Å². The Hall–Kier alpha value is -2.80. The van der Waals surface area contributed by atoms with Gasteiger partial charge in [0, 0.05) is 18.8 Å². The highest BCUT2D eigenvalue weighted by molar-refractivity contribution is 5.80.